The maximum atomic E-state index is 12.5. The van der Waals surface area contributed by atoms with Gasteiger partial charge in [-0.05, 0) is 31.2 Å². The summed E-state index contributed by atoms with van der Waals surface area (Å²) in [5.41, 5.74) is 6.12. The maximum Gasteiger partial charge on any atom is 0.252 e. The second-order valence-electron chi connectivity index (χ2n) is 5.14. The highest BCUT2D eigenvalue weighted by Gasteiger charge is 2.20. The molecule has 1 amide bonds. The SMILES string of the molecule is CC(NC(=O)c1cc(Cl)cc(Br)c1)c1nc(N)nn1-c1ncccn1. The molecule has 0 aliphatic rings. The topological polar surface area (TPSA) is 112 Å². The summed E-state index contributed by atoms with van der Waals surface area (Å²) in [6, 6.07) is 6.15. The van der Waals surface area contributed by atoms with Crippen LogP contribution in [-0.2, 0) is 0 Å². The van der Waals surface area contributed by atoms with Gasteiger partial charge in [-0.3, -0.25) is 4.79 Å². The van der Waals surface area contributed by atoms with Gasteiger partial charge in [0.1, 0.15) is 0 Å². The zero-order valence-corrected chi connectivity index (χ0v) is 15.4. The fourth-order valence-electron chi connectivity index (χ4n) is 2.20. The molecule has 1 atom stereocenters. The van der Waals surface area contributed by atoms with Gasteiger partial charge in [-0.25, -0.2) is 9.97 Å². The molecule has 0 saturated carbocycles. The van der Waals surface area contributed by atoms with Gasteiger partial charge in [-0.2, -0.15) is 9.67 Å². The average molecular weight is 423 g/mol. The van der Waals surface area contributed by atoms with Crippen molar-refractivity contribution in [2.45, 2.75) is 13.0 Å². The first-order valence-corrected chi connectivity index (χ1v) is 8.38. The minimum atomic E-state index is -0.487. The van der Waals surface area contributed by atoms with Crippen LogP contribution in [0, 0.1) is 0 Å². The number of carbonyl (C=O) groups excluding carboxylic acids is 1. The highest BCUT2D eigenvalue weighted by molar-refractivity contribution is 9.10. The van der Waals surface area contributed by atoms with E-state index in [9.17, 15) is 4.79 Å². The van der Waals surface area contributed by atoms with E-state index in [-0.39, 0.29) is 11.9 Å². The minimum absolute atomic E-state index is 0.0639. The minimum Gasteiger partial charge on any atom is -0.366 e. The Kier molecular flexibility index (Phi) is 4.95. The van der Waals surface area contributed by atoms with Crippen molar-refractivity contribution in [2.24, 2.45) is 0 Å². The van der Waals surface area contributed by atoms with Gasteiger partial charge >= 0.3 is 0 Å². The van der Waals surface area contributed by atoms with E-state index >= 15 is 0 Å². The summed E-state index contributed by atoms with van der Waals surface area (Å²) in [5, 5.41) is 7.38. The van der Waals surface area contributed by atoms with Crippen molar-refractivity contribution in [1.29, 1.82) is 0 Å². The van der Waals surface area contributed by atoms with E-state index in [2.05, 4.69) is 41.3 Å². The lowest BCUT2D eigenvalue weighted by Gasteiger charge is -2.14. The Balaban J connectivity index is 1.87. The molecule has 0 aliphatic heterocycles. The molecule has 1 unspecified atom stereocenters. The Morgan fingerprint density at radius 1 is 1.32 bits per heavy atom. The van der Waals surface area contributed by atoms with Crippen molar-refractivity contribution in [3.8, 4) is 5.95 Å². The highest BCUT2D eigenvalue weighted by Crippen LogP contribution is 2.21. The van der Waals surface area contributed by atoms with Crippen molar-refractivity contribution >= 4 is 39.4 Å². The van der Waals surface area contributed by atoms with Crippen molar-refractivity contribution in [2.75, 3.05) is 5.73 Å². The Bertz CT molecular complexity index is 895. The third-order valence-electron chi connectivity index (χ3n) is 3.25. The van der Waals surface area contributed by atoms with Gasteiger partial charge in [0, 0.05) is 27.5 Å². The van der Waals surface area contributed by atoms with Crippen LogP contribution in [0.1, 0.15) is 29.1 Å². The number of hydrogen-bond donors (Lipinski definition) is 2. The summed E-state index contributed by atoms with van der Waals surface area (Å²) in [7, 11) is 0. The van der Waals surface area contributed by atoms with Crippen molar-refractivity contribution in [3.63, 3.8) is 0 Å². The van der Waals surface area contributed by atoms with Crippen LogP contribution in [-0.4, -0.2) is 30.6 Å². The Hall–Kier alpha value is -2.52. The molecular formula is C15H13BrClN7O. The summed E-state index contributed by atoms with van der Waals surface area (Å²) >= 11 is 9.30. The van der Waals surface area contributed by atoms with Gasteiger partial charge in [-0.1, -0.05) is 27.5 Å². The molecule has 0 spiro atoms. The van der Waals surface area contributed by atoms with Crippen LogP contribution < -0.4 is 11.1 Å². The van der Waals surface area contributed by atoms with Crippen molar-refractivity contribution in [3.05, 3.63) is 57.5 Å². The molecule has 0 radical (unpaired) electrons. The molecule has 10 heteroatoms. The molecule has 0 fully saturated rings. The smallest absolute Gasteiger partial charge is 0.252 e. The fourth-order valence-corrected chi connectivity index (χ4v) is 3.06. The molecule has 0 saturated heterocycles. The number of nitrogen functional groups attached to an aromatic ring is 1. The number of nitrogens with zero attached hydrogens (tertiary/aromatic N) is 5. The normalized spacial score (nSPS) is 12.0. The number of halogens is 2. The van der Waals surface area contributed by atoms with E-state index < -0.39 is 6.04 Å². The molecule has 3 aromatic rings. The third kappa shape index (κ3) is 3.94. The monoisotopic (exact) mass is 421 g/mol. The predicted molar refractivity (Wildman–Crippen MR) is 96.4 cm³/mol. The Morgan fingerprint density at radius 3 is 2.72 bits per heavy atom. The summed E-state index contributed by atoms with van der Waals surface area (Å²) < 4.78 is 2.11. The molecule has 25 heavy (non-hydrogen) atoms. The number of carbonyl (C=O) groups is 1. The number of rotatable bonds is 4. The lowest BCUT2D eigenvalue weighted by Crippen LogP contribution is -2.29. The van der Waals surface area contributed by atoms with Crippen LogP contribution in [0.3, 0.4) is 0 Å². The maximum absolute atomic E-state index is 12.5. The molecule has 3 rings (SSSR count). The zero-order valence-electron chi connectivity index (χ0n) is 13.0. The summed E-state index contributed by atoms with van der Waals surface area (Å²) in [6.45, 7) is 1.76. The van der Waals surface area contributed by atoms with Crippen LogP contribution in [0.5, 0.6) is 0 Å². The lowest BCUT2D eigenvalue weighted by atomic mass is 10.2. The number of hydrogen-bond acceptors (Lipinski definition) is 6. The van der Waals surface area contributed by atoms with Crippen molar-refractivity contribution in [1.82, 2.24) is 30.0 Å². The van der Waals surface area contributed by atoms with Crippen LogP contribution in [0.15, 0.2) is 41.1 Å². The second kappa shape index (κ2) is 7.16. The summed E-state index contributed by atoms with van der Waals surface area (Å²) in [5.74, 6) is 0.485. The molecule has 1 aromatic carbocycles. The molecule has 0 bridgehead atoms. The Morgan fingerprint density at radius 2 is 2.04 bits per heavy atom. The lowest BCUT2D eigenvalue weighted by molar-refractivity contribution is 0.0937. The average Bonchev–Trinajstić information content (AvgIpc) is 2.97. The van der Waals surface area contributed by atoms with E-state index in [4.69, 9.17) is 17.3 Å². The van der Waals surface area contributed by atoms with Gasteiger partial charge in [0.2, 0.25) is 5.95 Å². The largest absolute Gasteiger partial charge is 0.366 e. The number of nitrogens with two attached hydrogens (primary N) is 1. The molecule has 128 valence electrons. The van der Waals surface area contributed by atoms with Gasteiger partial charge < -0.3 is 11.1 Å². The van der Waals surface area contributed by atoms with Gasteiger partial charge in [0.25, 0.3) is 11.9 Å². The van der Waals surface area contributed by atoms with Crippen LogP contribution in [0.25, 0.3) is 5.95 Å². The summed E-state index contributed by atoms with van der Waals surface area (Å²) in [6.07, 6.45) is 3.16. The quantitative estimate of drug-likeness (QED) is 0.668. The number of anilines is 1. The van der Waals surface area contributed by atoms with Gasteiger partial charge in [-0.15, -0.1) is 5.10 Å². The molecule has 3 N–H and O–H groups in total. The number of nitrogens with one attached hydrogen (secondary N) is 1. The fraction of sp³-hybridized carbons (Fsp3) is 0.133. The first-order chi connectivity index (χ1) is 11.9. The zero-order chi connectivity index (χ0) is 18.0. The van der Waals surface area contributed by atoms with Crippen LogP contribution >= 0.6 is 27.5 Å². The van der Waals surface area contributed by atoms with Crippen LogP contribution in [0.4, 0.5) is 5.95 Å². The number of benzene rings is 1. The van der Waals surface area contributed by atoms with E-state index in [1.165, 1.54) is 4.68 Å². The molecular weight excluding hydrogens is 410 g/mol. The molecule has 2 heterocycles. The number of amides is 1. The standard InChI is InChI=1S/C15H13BrClN7O/c1-8(21-13(25)9-5-10(16)7-11(17)6-9)12-22-14(18)23-24(12)15-19-3-2-4-20-15/h2-8H,1H3,(H2,18,23)(H,21,25). The van der Waals surface area contributed by atoms with Crippen molar-refractivity contribution < 1.29 is 4.79 Å². The first kappa shape index (κ1) is 17.3. The molecule has 0 aliphatic carbocycles. The van der Waals surface area contributed by atoms with E-state index in [0.29, 0.717) is 26.8 Å². The van der Waals surface area contributed by atoms with Crippen LogP contribution in [0.2, 0.25) is 5.02 Å². The van der Waals surface area contributed by atoms with E-state index in [1.54, 1.807) is 43.6 Å². The van der Waals surface area contributed by atoms with Gasteiger partial charge in [0.05, 0.1) is 6.04 Å². The second-order valence-corrected chi connectivity index (χ2v) is 6.49. The Labute approximate surface area is 156 Å². The third-order valence-corrected chi connectivity index (χ3v) is 3.93. The van der Waals surface area contributed by atoms with E-state index in [0.717, 1.165) is 0 Å². The molecule has 8 nitrogen and oxygen atoms in total. The van der Waals surface area contributed by atoms with E-state index in [1.807, 2.05) is 0 Å². The highest BCUT2D eigenvalue weighted by atomic mass is 79.9. The first-order valence-electron chi connectivity index (χ1n) is 7.21. The van der Waals surface area contributed by atoms with Gasteiger partial charge in [0.15, 0.2) is 5.82 Å². The molecule has 2 aromatic heterocycles. The predicted octanol–water partition coefficient (Wildman–Crippen LogP) is 2.55. The summed E-state index contributed by atoms with van der Waals surface area (Å²) in [4.78, 5) is 24.9. The number of aromatic nitrogens is 5.